The van der Waals surface area contributed by atoms with Crippen molar-refractivity contribution in [3.8, 4) is 0 Å². The molecule has 0 aromatic heterocycles. The quantitative estimate of drug-likeness (QED) is 0.818. The third-order valence-corrected chi connectivity index (χ3v) is 5.00. The normalized spacial score (nSPS) is 14.1. The van der Waals surface area contributed by atoms with Crippen molar-refractivity contribution in [1.29, 1.82) is 0 Å². The maximum Gasteiger partial charge on any atom is 0.254 e. The number of amides is 2. The fourth-order valence-corrected chi connectivity index (χ4v) is 3.31. The van der Waals surface area contributed by atoms with Crippen molar-refractivity contribution < 1.29 is 9.59 Å². The Morgan fingerprint density at radius 2 is 1.56 bits per heavy atom. The van der Waals surface area contributed by atoms with E-state index in [2.05, 4.69) is 0 Å². The molecule has 0 spiro atoms. The molecule has 0 aliphatic carbocycles. The Labute approximate surface area is 161 Å². The summed E-state index contributed by atoms with van der Waals surface area (Å²) in [7, 11) is 3.92. The SMILES string of the molecule is CN(C)c1cccc(C(=O)N2CCN(C(=O)CCc3ccccc3)CC2)c1. The summed E-state index contributed by atoms with van der Waals surface area (Å²) >= 11 is 0. The third-order valence-electron chi connectivity index (χ3n) is 5.00. The third kappa shape index (κ3) is 4.88. The Kier molecular flexibility index (Phi) is 6.12. The molecule has 2 aromatic carbocycles. The maximum absolute atomic E-state index is 12.8. The van der Waals surface area contributed by atoms with Gasteiger partial charge in [-0.25, -0.2) is 0 Å². The molecule has 1 aliphatic heterocycles. The van der Waals surface area contributed by atoms with Gasteiger partial charge in [0, 0.05) is 57.9 Å². The molecular formula is C22H27N3O2. The monoisotopic (exact) mass is 365 g/mol. The molecule has 1 heterocycles. The van der Waals surface area contributed by atoms with Crippen LogP contribution >= 0.6 is 0 Å². The first kappa shape index (κ1) is 19.0. The van der Waals surface area contributed by atoms with Gasteiger partial charge in [-0.3, -0.25) is 9.59 Å². The van der Waals surface area contributed by atoms with E-state index in [1.54, 1.807) is 0 Å². The fourth-order valence-electron chi connectivity index (χ4n) is 3.31. The van der Waals surface area contributed by atoms with Crippen LogP contribution in [0.2, 0.25) is 0 Å². The number of benzene rings is 2. The predicted octanol–water partition coefficient (Wildman–Crippen LogP) is 2.67. The van der Waals surface area contributed by atoms with Crippen LogP contribution in [0.25, 0.3) is 0 Å². The second kappa shape index (κ2) is 8.71. The van der Waals surface area contributed by atoms with E-state index in [9.17, 15) is 9.59 Å². The van der Waals surface area contributed by atoms with Gasteiger partial charge >= 0.3 is 0 Å². The van der Waals surface area contributed by atoms with Gasteiger partial charge in [0.2, 0.25) is 5.91 Å². The lowest BCUT2D eigenvalue weighted by atomic mass is 10.1. The predicted molar refractivity (Wildman–Crippen MR) is 108 cm³/mol. The zero-order valence-corrected chi connectivity index (χ0v) is 16.1. The van der Waals surface area contributed by atoms with Gasteiger partial charge in [0.15, 0.2) is 0 Å². The average molecular weight is 365 g/mol. The number of rotatable bonds is 5. The van der Waals surface area contributed by atoms with Crippen molar-refractivity contribution in [1.82, 2.24) is 9.80 Å². The lowest BCUT2D eigenvalue weighted by Gasteiger charge is -2.35. The molecule has 1 saturated heterocycles. The van der Waals surface area contributed by atoms with Crippen LogP contribution in [0.3, 0.4) is 0 Å². The second-order valence-electron chi connectivity index (χ2n) is 7.10. The summed E-state index contributed by atoms with van der Waals surface area (Å²) in [6.07, 6.45) is 1.28. The standard InChI is InChI=1S/C22H27N3O2/c1-23(2)20-10-6-9-19(17-20)22(27)25-15-13-24(14-16-25)21(26)12-11-18-7-4-3-5-8-18/h3-10,17H,11-16H2,1-2H3. The molecule has 5 nitrogen and oxygen atoms in total. The summed E-state index contributed by atoms with van der Waals surface area (Å²) in [6.45, 7) is 2.38. The van der Waals surface area contributed by atoms with Crippen LogP contribution in [0.4, 0.5) is 5.69 Å². The highest BCUT2D eigenvalue weighted by molar-refractivity contribution is 5.95. The van der Waals surface area contributed by atoms with Crippen LogP contribution in [0.5, 0.6) is 0 Å². The Morgan fingerprint density at radius 3 is 2.22 bits per heavy atom. The van der Waals surface area contributed by atoms with E-state index in [-0.39, 0.29) is 11.8 Å². The highest BCUT2D eigenvalue weighted by Gasteiger charge is 2.24. The van der Waals surface area contributed by atoms with Gasteiger partial charge in [-0.1, -0.05) is 36.4 Å². The van der Waals surface area contributed by atoms with E-state index in [1.165, 1.54) is 5.56 Å². The Hall–Kier alpha value is -2.82. The van der Waals surface area contributed by atoms with Gasteiger partial charge in [0.05, 0.1) is 0 Å². The van der Waals surface area contributed by atoms with Crippen molar-refractivity contribution in [3.63, 3.8) is 0 Å². The molecule has 1 aliphatic rings. The first-order valence-corrected chi connectivity index (χ1v) is 9.43. The van der Waals surface area contributed by atoms with Crippen molar-refractivity contribution in [2.75, 3.05) is 45.2 Å². The minimum absolute atomic E-state index is 0.0371. The van der Waals surface area contributed by atoms with E-state index in [0.29, 0.717) is 38.2 Å². The number of hydrogen-bond donors (Lipinski definition) is 0. The van der Waals surface area contributed by atoms with Crippen LogP contribution in [0.1, 0.15) is 22.3 Å². The number of carbonyl (C=O) groups excluding carboxylic acids is 2. The number of carbonyl (C=O) groups is 2. The van der Waals surface area contributed by atoms with Gasteiger partial charge in [0.1, 0.15) is 0 Å². The van der Waals surface area contributed by atoms with Gasteiger partial charge in [-0.15, -0.1) is 0 Å². The lowest BCUT2D eigenvalue weighted by molar-refractivity contribution is -0.132. The van der Waals surface area contributed by atoms with Crippen LogP contribution < -0.4 is 4.90 Å². The van der Waals surface area contributed by atoms with Crippen molar-refractivity contribution in [2.45, 2.75) is 12.8 Å². The number of hydrogen-bond acceptors (Lipinski definition) is 3. The molecule has 2 amide bonds. The number of anilines is 1. The molecular weight excluding hydrogens is 338 g/mol. The number of piperazine rings is 1. The molecule has 2 aromatic rings. The van der Waals surface area contributed by atoms with Crippen LogP contribution in [-0.4, -0.2) is 61.9 Å². The first-order chi connectivity index (χ1) is 13.0. The highest BCUT2D eigenvalue weighted by atomic mass is 16.2. The molecule has 0 N–H and O–H groups in total. The molecule has 0 unspecified atom stereocenters. The summed E-state index contributed by atoms with van der Waals surface area (Å²) in [4.78, 5) is 30.9. The fraction of sp³-hybridized carbons (Fsp3) is 0.364. The second-order valence-corrected chi connectivity index (χ2v) is 7.10. The molecule has 0 bridgehead atoms. The summed E-state index contributed by atoms with van der Waals surface area (Å²) in [5, 5.41) is 0. The first-order valence-electron chi connectivity index (χ1n) is 9.43. The molecule has 27 heavy (non-hydrogen) atoms. The van der Waals surface area contributed by atoms with Crippen molar-refractivity contribution in [2.24, 2.45) is 0 Å². The Morgan fingerprint density at radius 1 is 0.889 bits per heavy atom. The summed E-state index contributed by atoms with van der Waals surface area (Å²) in [5.41, 5.74) is 2.89. The lowest BCUT2D eigenvalue weighted by Crippen LogP contribution is -2.50. The largest absolute Gasteiger partial charge is 0.378 e. The average Bonchev–Trinajstić information content (AvgIpc) is 2.72. The van der Waals surface area contributed by atoms with Crippen molar-refractivity contribution in [3.05, 3.63) is 65.7 Å². The van der Waals surface area contributed by atoms with E-state index >= 15 is 0 Å². The molecule has 0 atom stereocenters. The zero-order chi connectivity index (χ0) is 19.2. The summed E-state index contributed by atoms with van der Waals surface area (Å²) in [5.74, 6) is 0.204. The molecule has 3 rings (SSSR count). The van der Waals surface area contributed by atoms with Crippen LogP contribution in [-0.2, 0) is 11.2 Å². The molecule has 0 radical (unpaired) electrons. The van der Waals surface area contributed by atoms with E-state index in [0.717, 1.165) is 12.1 Å². The van der Waals surface area contributed by atoms with Crippen molar-refractivity contribution >= 4 is 17.5 Å². The minimum atomic E-state index is 0.0371. The van der Waals surface area contributed by atoms with Gasteiger partial charge in [0.25, 0.3) is 5.91 Å². The smallest absolute Gasteiger partial charge is 0.254 e. The number of aryl methyl sites for hydroxylation is 1. The summed E-state index contributed by atoms with van der Waals surface area (Å²) < 4.78 is 0. The van der Waals surface area contributed by atoms with E-state index in [4.69, 9.17) is 0 Å². The number of nitrogens with zero attached hydrogens (tertiary/aromatic N) is 3. The molecule has 1 fully saturated rings. The topological polar surface area (TPSA) is 43.9 Å². The zero-order valence-electron chi connectivity index (χ0n) is 16.1. The Balaban J connectivity index is 1.51. The summed E-state index contributed by atoms with van der Waals surface area (Å²) in [6, 6.07) is 17.7. The Bertz CT molecular complexity index is 781. The highest BCUT2D eigenvalue weighted by Crippen LogP contribution is 2.16. The van der Waals surface area contributed by atoms with Gasteiger partial charge < -0.3 is 14.7 Å². The molecule has 5 heteroatoms. The molecule has 0 saturated carbocycles. The van der Waals surface area contributed by atoms with Gasteiger partial charge in [-0.05, 0) is 30.2 Å². The maximum atomic E-state index is 12.8. The molecule has 142 valence electrons. The van der Waals surface area contributed by atoms with Crippen LogP contribution in [0, 0.1) is 0 Å². The van der Waals surface area contributed by atoms with E-state index in [1.807, 2.05) is 83.4 Å². The van der Waals surface area contributed by atoms with Gasteiger partial charge in [-0.2, -0.15) is 0 Å². The van der Waals surface area contributed by atoms with Crippen LogP contribution in [0.15, 0.2) is 54.6 Å². The minimum Gasteiger partial charge on any atom is -0.378 e. The van der Waals surface area contributed by atoms with E-state index < -0.39 is 0 Å².